The fraction of sp³-hybridized carbons (Fsp3) is 0.217. The van der Waals surface area contributed by atoms with Gasteiger partial charge in [0, 0.05) is 25.6 Å². The third kappa shape index (κ3) is 7.35. The van der Waals surface area contributed by atoms with Crippen LogP contribution in [-0.2, 0) is 27.5 Å². The zero-order valence-electron chi connectivity index (χ0n) is 17.3. The zero-order chi connectivity index (χ0) is 22.8. The van der Waals surface area contributed by atoms with E-state index in [2.05, 4.69) is 15.6 Å². The molecular weight excluding hydrogens is 415 g/mol. The van der Waals surface area contributed by atoms with Crippen LogP contribution >= 0.6 is 0 Å². The molecule has 0 bridgehead atoms. The van der Waals surface area contributed by atoms with Crippen molar-refractivity contribution in [3.8, 4) is 0 Å². The summed E-state index contributed by atoms with van der Waals surface area (Å²) in [6.45, 7) is 0.0919. The summed E-state index contributed by atoms with van der Waals surface area (Å²) in [5.41, 5.74) is 0.731. The second-order valence-electron chi connectivity index (χ2n) is 7.00. The Morgan fingerprint density at radius 3 is 2.47 bits per heavy atom. The van der Waals surface area contributed by atoms with Gasteiger partial charge in [-0.05, 0) is 42.0 Å². The molecule has 0 saturated heterocycles. The van der Waals surface area contributed by atoms with Crippen LogP contribution in [0.15, 0.2) is 71.5 Å². The van der Waals surface area contributed by atoms with E-state index in [-0.39, 0.29) is 56.0 Å². The third-order valence-electron chi connectivity index (χ3n) is 4.52. The maximum Gasteiger partial charge on any atom is 0.239 e. The first-order valence-electron chi connectivity index (χ1n) is 10.0. The number of hydrogen-bond donors (Lipinski definition) is 2. The van der Waals surface area contributed by atoms with Crippen molar-refractivity contribution in [1.29, 1.82) is 0 Å². The molecule has 166 valence electrons. The van der Waals surface area contributed by atoms with E-state index in [9.17, 15) is 18.8 Å². The van der Waals surface area contributed by atoms with Crippen LogP contribution in [0.1, 0.15) is 24.2 Å². The Balaban J connectivity index is 1.53. The molecule has 0 atom stereocenters. The Labute approximate surface area is 184 Å². The minimum Gasteiger partial charge on any atom is -0.467 e. The van der Waals surface area contributed by atoms with Gasteiger partial charge in [0.1, 0.15) is 17.4 Å². The van der Waals surface area contributed by atoms with Crippen LogP contribution in [0.2, 0.25) is 0 Å². The average molecular weight is 438 g/mol. The van der Waals surface area contributed by atoms with E-state index in [1.165, 1.54) is 23.3 Å². The van der Waals surface area contributed by atoms with E-state index >= 15 is 0 Å². The predicted molar refractivity (Wildman–Crippen MR) is 114 cm³/mol. The molecule has 0 fully saturated rings. The lowest BCUT2D eigenvalue weighted by Gasteiger charge is -2.21. The van der Waals surface area contributed by atoms with Gasteiger partial charge in [-0.2, -0.15) is 0 Å². The molecule has 0 unspecified atom stereocenters. The Bertz CT molecular complexity index is 1020. The van der Waals surface area contributed by atoms with Gasteiger partial charge in [-0.1, -0.05) is 18.2 Å². The predicted octanol–water partition coefficient (Wildman–Crippen LogP) is 2.88. The number of benzene rings is 1. The van der Waals surface area contributed by atoms with Crippen LogP contribution in [0.25, 0.3) is 0 Å². The van der Waals surface area contributed by atoms with E-state index in [1.54, 1.807) is 48.7 Å². The summed E-state index contributed by atoms with van der Waals surface area (Å²) in [7, 11) is 0. The zero-order valence-corrected chi connectivity index (χ0v) is 17.3. The molecule has 0 aliphatic heterocycles. The van der Waals surface area contributed by atoms with Gasteiger partial charge in [-0.15, -0.1) is 0 Å². The van der Waals surface area contributed by atoms with E-state index in [0.29, 0.717) is 11.6 Å². The number of pyridine rings is 1. The minimum atomic E-state index is -0.382. The number of furan rings is 1. The number of hydrogen-bond acceptors (Lipinski definition) is 5. The number of halogens is 1. The number of aromatic nitrogens is 1. The molecule has 2 aromatic heterocycles. The fourth-order valence-corrected chi connectivity index (χ4v) is 2.88. The Morgan fingerprint density at radius 2 is 1.78 bits per heavy atom. The molecule has 3 rings (SSSR count). The van der Waals surface area contributed by atoms with Gasteiger partial charge in [0.05, 0.1) is 19.4 Å². The van der Waals surface area contributed by atoms with Crippen LogP contribution in [0.4, 0.5) is 10.2 Å². The molecule has 8 nitrogen and oxygen atoms in total. The van der Waals surface area contributed by atoms with Crippen molar-refractivity contribution >= 4 is 23.5 Å². The van der Waals surface area contributed by atoms with Gasteiger partial charge in [0.2, 0.25) is 17.7 Å². The molecule has 1 aromatic carbocycles. The first-order chi connectivity index (χ1) is 15.5. The maximum atomic E-state index is 13.0. The Morgan fingerprint density at radius 1 is 0.969 bits per heavy atom. The van der Waals surface area contributed by atoms with Crippen molar-refractivity contribution in [1.82, 2.24) is 15.2 Å². The Hall–Kier alpha value is -4.01. The molecule has 0 radical (unpaired) electrons. The lowest BCUT2D eigenvalue weighted by molar-refractivity contribution is -0.137. The van der Waals surface area contributed by atoms with Crippen LogP contribution < -0.4 is 10.6 Å². The largest absolute Gasteiger partial charge is 0.467 e. The SMILES string of the molecule is O=C(CN(Cc1ccco1)C(=O)CCC(=O)Nc1ccccn1)NCc1ccc(F)cc1. The molecule has 2 N–H and O–H groups in total. The van der Waals surface area contributed by atoms with Crippen molar-refractivity contribution in [2.45, 2.75) is 25.9 Å². The highest BCUT2D eigenvalue weighted by Crippen LogP contribution is 2.09. The highest BCUT2D eigenvalue weighted by Gasteiger charge is 2.20. The van der Waals surface area contributed by atoms with Crippen LogP contribution in [-0.4, -0.2) is 34.2 Å². The minimum absolute atomic E-state index is 0.0543. The smallest absolute Gasteiger partial charge is 0.239 e. The molecular formula is C23H23FN4O4. The van der Waals surface area contributed by atoms with E-state index in [0.717, 1.165) is 5.56 Å². The average Bonchev–Trinajstić information content (AvgIpc) is 3.30. The first kappa shape index (κ1) is 22.7. The standard InChI is InChI=1S/C23H23FN4O4/c24-18-8-6-17(7-9-18)14-26-22(30)16-28(15-19-4-3-13-32-19)23(31)11-10-21(29)27-20-5-1-2-12-25-20/h1-9,12-13H,10-11,14-16H2,(H,26,30)(H,25,27,29). The van der Waals surface area contributed by atoms with Crippen molar-refractivity contribution < 1.29 is 23.2 Å². The van der Waals surface area contributed by atoms with Crippen molar-refractivity contribution in [2.24, 2.45) is 0 Å². The van der Waals surface area contributed by atoms with Crippen LogP contribution in [0.3, 0.4) is 0 Å². The van der Waals surface area contributed by atoms with Crippen LogP contribution in [0, 0.1) is 5.82 Å². The molecule has 0 spiro atoms. The number of amides is 3. The second kappa shape index (κ2) is 11.4. The van der Waals surface area contributed by atoms with Gasteiger partial charge < -0.3 is 20.0 Å². The summed E-state index contributed by atoms with van der Waals surface area (Å²) in [5, 5.41) is 5.33. The summed E-state index contributed by atoms with van der Waals surface area (Å²) in [6.07, 6.45) is 2.90. The lowest BCUT2D eigenvalue weighted by atomic mass is 10.2. The molecule has 0 saturated carbocycles. The quantitative estimate of drug-likeness (QED) is 0.507. The third-order valence-corrected chi connectivity index (χ3v) is 4.52. The normalized spacial score (nSPS) is 10.4. The number of rotatable bonds is 10. The monoisotopic (exact) mass is 438 g/mol. The number of nitrogens with zero attached hydrogens (tertiary/aromatic N) is 2. The molecule has 3 aromatic rings. The molecule has 2 heterocycles. The summed E-state index contributed by atoms with van der Waals surface area (Å²) >= 11 is 0. The molecule has 3 amide bonds. The number of nitrogens with one attached hydrogen (secondary N) is 2. The van der Waals surface area contributed by atoms with Gasteiger partial charge in [0.15, 0.2) is 0 Å². The summed E-state index contributed by atoms with van der Waals surface area (Å²) in [6, 6.07) is 14.3. The molecule has 0 aliphatic carbocycles. The maximum absolute atomic E-state index is 13.0. The van der Waals surface area contributed by atoms with E-state index in [1.807, 2.05) is 0 Å². The van der Waals surface area contributed by atoms with Gasteiger partial charge in [-0.25, -0.2) is 9.37 Å². The van der Waals surface area contributed by atoms with Crippen molar-refractivity contribution in [3.63, 3.8) is 0 Å². The lowest BCUT2D eigenvalue weighted by Crippen LogP contribution is -2.40. The molecule has 9 heteroatoms. The van der Waals surface area contributed by atoms with Gasteiger partial charge >= 0.3 is 0 Å². The highest BCUT2D eigenvalue weighted by atomic mass is 19.1. The van der Waals surface area contributed by atoms with Gasteiger partial charge in [0.25, 0.3) is 0 Å². The summed E-state index contributed by atoms with van der Waals surface area (Å²) in [5.74, 6) is -0.542. The van der Waals surface area contributed by atoms with E-state index < -0.39 is 0 Å². The van der Waals surface area contributed by atoms with Crippen LogP contribution in [0.5, 0.6) is 0 Å². The van der Waals surface area contributed by atoms with E-state index in [4.69, 9.17) is 4.42 Å². The number of carbonyl (C=O) groups excluding carboxylic acids is 3. The topological polar surface area (TPSA) is 105 Å². The highest BCUT2D eigenvalue weighted by molar-refractivity contribution is 5.93. The number of carbonyl (C=O) groups is 3. The molecule has 32 heavy (non-hydrogen) atoms. The first-order valence-corrected chi connectivity index (χ1v) is 10.0. The van der Waals surface area contributed by atoms with Gasteiger partial charge in [-0.3, -0.25) is 14.4 Å². The number of anilines is 1. The molecule has 0 aliphatic rings. The Kier molecular flexibility index (Phi) is 8.08. The second-order valence-corrected chi connectivity index (χ2v) is 7.00. The summed E-state index contributed by atoms with van der Waals surface area (Å²) < 4.78 is 18.3. The van der Waals surface area contributed by atoms with Crippen molar-refractivity contribution in [2.75, 3.05) is 11.9 Å². The fourth-order valence-electron chi connectivity index (χ4n) is 2.88. The summed E-state index contributed by atoms with van der Waals surface area (Å²) in [4.78, 5) is 42.6. The van der Waals surface area contributed by atoms with Crippen molar-refractivity contribution in [3.05, 3.63) is 84.2 Å².